The number of ether oxygens (including phenoxy) is 3. The number of para-hydroxylation sites is 2. The molecule has 2 aromatic carbocycles. The summed E-state index contributed by atoms with van der Waals surface area (Å²) in [6, 6.07) is 14.3. The van der Waals surface area contributed by atoms with Gasteiger partial charge in [0.1, 0.15) is 0 Å². The van der Waals surface area contributed by atoms with Crippen molar-refractivity contribution >= 4 is 23.5 Å². The van der Waals surface area contributed by atoms with E-state index in [2.05, 4.69) is 12.2 Å². The molecule has 1 amide bonds. The highest BCUT2D eigenvalue weighted by atomic mass is 16.6. The van der Waals surface area contributed by atoms with Crippen LogP contribution in [0.2, 0.25) is 0 Å². The molecule has 0 atom stereocenters. The highest BCUT2D eigenvalue weighted by Gasteiger charge is 2.19. The van der Waals surface area contributed by atoms with Gasteiger partial charge in [-0.15, -0.1) is 0 Å². The highest BCUT2D eigenvalue weighted by molar-refractivity contribution is 6.05. The van der Waals surface area contributed by atoms with Crippen LogP contribution in [0.1, 0.15) is 88.1 Å². The molecule has 0 unspecified atom stereocenters. The molecule has 1 N–H and O–H groups in total. The molecule has 0 aliphatic rings. The van der Waals surface area contributed by atoms with E-state index in [1.807, 2.05) is 26.0 Å². The largest absolute Gasteiger partial charge is 0.462 e. The van der Waals surface area contributed by atoms with Crippen LogP contribution in [0.4, 0.5) is 5.69 Å². The van der Waals surface area contributed by atoms with Gasteiger partial charge in [-0.3, -0.25) is 4.79 Å². The molecule has 0 heterocycles. The van der Waals surface area contributed by atoms with E-state index >= 15 is 0 Å². The van der Waals surface area contributed by atoms with Crippen LogP contribution in [0.15, 0.2) is 60.4 Å². The second-order valence-corrected chi connectivity index (χ2v) is 9.08. The monoisotopic (exact) mass is 523 g/mol. The summed E-state index contributed by atoms with van der Waals surface area (Å²) in [7, 11) is 0. The summed E-state index contributed by atoms with van der Waals surface area (Å²) >= 11 is 0. The molecule has 0 saturated heterocycles. The number of unbranched alkanes of at least 4 members (excludes halogenated alkanes) is 5. The van der Waals surface area contributed by atoms with Crippen LogP contribution < -0.4 is 10.1 Å². The Morgan fingerprint density at radius 3 is 2.11 bits per heavy atom. The third-order valence-electron chi connectivity index (χ3n) is 5.81. The molecular formula is C31H41NO6. The number of anilines is 1. The molecule has 0 radical (unpaired) electrons. The van der Waals surface area contributed by atoms with Crippen molar-refractivity contribution < 1.29 is 28.6 Å². The zero-order chi connectivity index (χ0) is 27.6. The summed E-state index contributed by atoms with van der Waals surface area (Å²) in [5.41, 5.74) is 2.06. The Morgan fingerprint density at radius 1 is 0.763 bits per heavy atom. The summed E-state index contributed by atoms with van der Waals surface area (Å²) in [4.78, 5) is 37.9. The normalized spacial score (nSPS) is 11.1. The molecule has 0 spiro atoms. The van der Waals surface area contributed by atoms with E-state index < -0.39 is 11.9 Å². The molecule has 206 valence electrons. The molecule has 0 aliphatic carbocycles. The van der Waals surface area contributed by atoms with Crippen LogP contribution in [0, 0.1) is 0 Å². The number of rotatable bonds is 17. The van der Waals surface area contributed by atoms with E-state index in [-0.39, 0.29) is 30.6 Å². The molecule has 0 saturated carbocycles. The van der Waals surface area contributed by atoms with Crippen molar-refractivity contribution in [1.82, 2.24) is 0 Å². The number of carbonyl (C=O) groups excluding carboxylic acids is 3. The lowest BCUT2D eigenvalue weighted by Crippen LogP contribution is -2.18. The lowest BCUT2D eigenvalue weighted by atomic mass is 10.0. The van der Waals surface area contributed by atoms with Crippen LogP contribution in [0.3, 0.4) is 0 Å². The minimum Gasteiger partial charge on any atom is -0.462 e. The second-order valence-electron chi connectivity index (χ2n) is 9.08. The molecular weight excluding hydrogens is 482 g/mol. The summed E-state index contributed by atoms with van der Waals surface area (Å²) in [5.74, 6) is -1.89. The molecule has 7 nitrogen and oxygen atoms in total. The van der Waals surface area contributed by atoms with Crippen molar-refractivity contribution in [1.29, 1.82) is 0 Å². The fourth-order valence-electron chi connectivity index (χ4n) is 3.53. The van der Waals surface area contributed by atoms with Crippen molar-refractivity contribution in [2.45, 2.75) is 78.6 Å². The van der Waals surface area contributed by atoms with Gasteiger partial charge in [0.15, 0.2) is 5.75 Å². The molecule has 0 aliphatic heterocycles. The fourth-order valence-corrected chi connectivity index (χ4v) is 3.53. The van der Waals surface area contributed by atoms with E-state index in [1.165, 1.54) is 24.8 Å². The van der Waals surface area contributed by atoms with Gasteiger partial charge < -0.3 is 19.5 Å². The van der Waals surface area contributed by atoms with Crippen molar-refractivity contribution in [2.75, 3.05) is 18.5 Å². The molecule has 7 heteroatoms. The van der Waals surface area contributed by atoms with E-state index in [0.29, 0.717) is 24.1 Å². The summed E-state index contributed by atoms with van der Waals surface area (Å²) in [6.45, 7) is 6.60. The summed E-state index contributed by atoms with van der Waals surface area (Å²) in [6.07, 6.45) is 9.86. The van der Waals surface area contributed by atoms with Gasteiger partial charge in [0.2, 0.25) is 5.76 Å². The number of esters is 2. The Hall–Kier alpha value is -3.61. The summed E-state index contributed by atoms with van der Waals surface area (Å²) < 4.78 is 16.2. The molecule has 0 bridgehead atoms. The summed E-state index contributed by atoms with van der Waals surface area (Å²) in [5, 5.41) is 2.84. The van der Waals surface area contributed by atoms with E-state index in [1.54, 1.807) is 36.4 Å². The van der Waals surface area contributed by atoms with Crippen LogP contribution >= 0.6 is 0 Å². The number of benzene rings is 2. The van der Waals surface area contributed by atoms with Gasteiger partial charge in [-0.2, -0.15) is 0 Å². The Morgan fingerprint density at radius 2 is 1.42 bits per heavy atom. The fraction of sp³-hybridized carbons (Fsp3) is 0.452. The van der Waals surface area contributed by atoms with Crippen molar-refractivity contribution in [3.8, 4) is 5.75 Å². The van der Waals surface area contributed by atoms with Crippen LogP contribution in [0.25, 0.3) is 0 Å². The zero-order valence-electron chi connectivity index (χ0n) is 22.9. The molecule has 0 aromatic heterocycles. The first-order valence-electron chi connectivity index (χ1n) is 13.7. The first kappa shape index (κ1) is 30.6. The van der Waals surface area contributed by atoms with Gasteiger partial charge in [-0.1, -0.05) is 77.1 Å². The van der Waals surface area contributed by atoms with Gasteiger partial charge in [0, 0.05) is 5.56 Å². The first-order valence-corrected chi connectivity index (χ1v) is 13.7. The van der Waals surface area contributed by atoms with Crippen molar-refractivity contribution in [3.05, 3.63) is 71.5 Å². The minimum atomic E-state index is -0.776. The maximum atomic E-state index is 12.9. The maximum absolute atomic E-state index is 12.9. The number of hydrogen-bond donors (Lipinski definition) is 1. The Bertz CT molecular complexity index is 1040. The maximum Gasteiger partial charge on any atom is 0.374 e. The predicted molar refractivity (Wildman–Crippen MR) is 149 cm³/mol. The van der Waals surface area contributed by atoms with Gasteiger partial charge >= 0.3 is 11.9 Å². The standard InChI is InChI=1S/C31H41NO6/c1-4-7-10-11-14-24-17-19-25(20-18-24)30(34)32-26-15-12-13-16-27(26)38-28(31(35)37-22-9-6-3)23-29(33)36-21-8-5-2/h12-13,15-20,23H,4-11,14,21-22H2,1-3H3,(H,32,34)/b28-23+. The van der Waals surface area contributed by atoms with Crippen molar-refractivity contribution in [3.63, 3.8) is 0 Å². The SMILES string of the molecule is CCCCCCc1ccc(C(=O)Nc2ccccc2O/C(=C/C(=O)OCCCC)C(=O)OCCCC)cc1. The van der Waals surface area contributed by atoms with E-state index in [9.17, 15) is 14.4 Å². The first-order chi connectivity index (χ1) is 18.5. The van der Waals surface area contributed by atoms with Crippen LogP contribution in [0.5, 0.6) is 5.75 Å². The third kappa shape index (κ3) is 11.2. The van der Waals surface area contributed by atoms with Crippen LogP contribution in [-0.2, 0) is 25.5 Å². The second kappa shape index (κ2) is 17.8. The third-order valence-corrected chi connectivity index (χ3v) is 5.81. The Kier molecular flexibility index (Phi) is 14.3. The molecule has 2 aromatic rings. The Balaban J connectivity index is 2.13. The highest BCUT2D eigenvalue weighted by Crippen LogP contribution is 2.27. The minimum absolute atomic E-state index is 0.202. The van der Waals surface area contributed by atoms with Crippen molar-refractivity contribution in [2.24, 2.45) is 0 Å². The molecule has 0 fully saturated rings. The number of amides is 1. The number of aryl methyl sites for hydroxylation is 1. The Labute approximate surface area is 226 Å². The van der Waals surface area contributed by atoms with E-state index in [4.69, 9.17) is 14.2 Å². The van der Waals surface area contributed by atoms with E-state index in [0.717, 1.165) is 31.8 Å². The average Bonchev–Trinajstić information content (AvgIpc) is 2.92. The smallest absolute Gasteiger partial charge is 0.374 e. The van der Waals surface area contributed by atoms with Gasteiger partial charge in [-0.05, 0) is 55.5 Å². The topological polar surface area (TPSA) is 90.9 Å². The quantitative estimate of drug-likeness (QED) is 0.104. The van der Waals surface area contributed by atoms with Gasteiger partial charge in [0.25, 0.3) is 5.91 Å². The van der Waals surface area contributed by atoms with Gasteiger partial charge in [0.05, 0.1) is 25.0 Å². The van der Waals surface area contributed by atoms with Crippen LogP contribution in [-0.4, -0.2) is 31.1 Å². The number of hydrogen-bond acceptors (Lipinski definition) is 6. The van der Waals surface area contributed by atoms with Gasteiger partial charge in [-0.25, -0.2) is 9.59 Å². The molecule has 2 rings (SSSR count). The molecule has 38 heavy (non-hydrogen) atoms. The predicted octanol–water partition coefficient (Wildman–Crippen LogP) is 7.01. The zero-order valence-corrected chi connectivity index (χ0v) is 22.9. The average molecular weight is 524 g/mol. The number of nitrogens with one attached hydrogen (secondary N) is 1. The number of carbonyl (C=O) groups is 3. The lowest BCUT2D eigenvalue weighted by molar-refractivity contribution is -0.143. The lowest BCUT2D eigenvalue weighted by Gasteiger charge is -2.14.